The normalized spacial score (nSPS) is 12.9. The molecule has 0 aromatic heterocycles. The molecule has 0 heterocycles. The van der Waals surface area contributed by atoms with E-state index < -0.39 is 0 Å². The first-order chi connectivity index (χ1) is 7.52. The van der Waals surface area contributed by atoms with E-state index in [-0.39, 0.29) is 24.5 Å². The molecule has 1 N–H and O–H groups in total. The monoisotopic (exact) mass is 231 g/mol. The summed E-state index contributed by atoms with van der Waals surface area (Å²) in [4.78, 5) is 13.8. The molecule has 96 valence electrons. The van der Waals surface area contributed by atoms with Crippen molar-refractivity contribution < 1.29 is 14.6 Å². The van der Waals surface area contributed by atoms with Crippen molar-refractivity contribution >= 4 is 5.91 Å². The minimum atomic E-state index is 0.129. The molecule has 1 atom stereocenters. The van der Waals surface area contributed by atoms with Crippen LogP contribution in [0.3, 0.4) is 0 Å². The molecule has 1 unspecified atom stereocenters. The molecule has 0 rings (SSSR count). The molecule has 1 amide bonds. The molecule has 0 aromatic carbocycles. The lowest BCUT2D eigenvalue weighted by molar-refractivity contribution is -0.134. The molecule has 0 aromatic rings. The molecule has 0 saturated heterocycles. The number of aliphatic hydroxyl groups excluding tert-OH is 1. The van der Waals surface area contributed by atoms with Crippen LogP contribution < -0.4 is 0 Å². The molecule has 4 heteroatoms. The van der Waals surface area contributed by atoms with E-state index in [0.29, 0.717) is 26.0 Å². The number of aliphatic hydroxyl groups is 1. The van der Waals surface area contributed by atoms with Crippen LogP contribution >= 0.6 is 0 Å². The van der Waals surface area contributed by atoms with E-state index in [0.717, 1.165) is 0 Å². The molecule has 16 heavy (non-hydrogen) atoms. The van der Waals surface area contributed by atoms with Gasteiger partial charge in [-0.2, -0.15) is 0 Å². The van der Waals surface area contributed by atoms with Crippen molar-refractivity contribution in [3.8, 4) is 0 Å². The van der Waals surface area contributed by atoms with Crippen molar-refractivity contribution in [2.45, 2.75) is 39.7 Å². The summed E-state index contributed by atoms with van der Waals surface area (Å²) in [6.45, 7) is 7.37. The molecule has 0 radical (unpaired) electrons. The van der Waals surface area contributed by atoms with Gasteiger partial charge in [0.1, 0.15) is 0 Å². The zero-order valence-electron chi connectivity index (χ0n) is 10.9. The Balaban J connectivity index is 4.16. The second-order valence-corrected chi connectivity index (χ2v) is 4.52. The first kappa shape index (κ1) is 15.4. The van der Waals surface area contributed by atoms with E-state index in [1.54, 1.807) is 7.11 Å². The van der Waals surface area contributed by atoms with Gasteiger partial charge in [-0.25, -0.2) is 0 Å². The van der Waals surface area contributed by atoms with Crippen LogP contribution in [0.15, 0.2) is 0 Å². The van der Waals surface area contributed by atoms with E-state index in [4.69, 9.17) is 9.84 Å². The quantitative estimate of drug-likeness (QED) is 0.684. The smallest absolute Gasteiger partial charge is 0.223 e. The van der Waals surface area contributed by atoms with Gasteiger partial charge in [0, 0.05) is 39.3 Å². The second kappa shape index (κ2) is 8.53. The summed E-state index contributed by atoms with van der Waals surface area (Å²) in [5.74, 6) is 0.390. The van der Waals surface area contributed by atoms with Gasteiger partial charge in [0.25, 0.3) is 0 Å². The molecular formula is C12H25NO3. The lowest BCUT2D eigenvalue weighted by Crippen LogP contribution is -2.39. The average molecular weight is 231 g/mol. The van der Waals surface area contributed by atoms with Gasteiger partial charge in [-0.15, -0.1) is 0 Å². The lowest BCUT2D eigenvalue weighted by Gasteiger charge is -2.27. The van der Waals surface area contributed by atoms with Crippen LogP contribution in [0.2, 0.25) is 0 Å². The van der Waals surface area contributed by atoms with Crippen molar-refractivity contribution in [2.75, 3.05) is 26.9 Å². The van der Waals surface area contributed by atoms with Crippen LogP contribution in [0.1, 0.15) is 33.6 Å². The Bertz CT molecular complexity index is 195. The maximum atomic E-state index is 12.0. The highest BCUT2D eigenvalue weighted by molar-refractivity contribution is 5.76. The number of hydrogen-bond donors (Lipinski definition) is 1. The highest BCUT2D eigenvalue weighted by atomic mass is 16.5. The molecular weight excluding hydrogens is 206 g/mol. The summed E-state index contributed by atoms with van der Waals surface area (Å²) in [7, 11) is 1.65. The van der Waals surface area contributed by atoms with Gasteiger partial charge in [0.2, 0.25) is 5.91 Å². The van der Waals surface area contributed by atoms with Crippen LogP contribution in [-0.2, 0) is 9.53 Å². The maximum Gasteiger partial charge on any atom is 0.223 e. The van der Waals surface area contributed by atoms with Gasteiger partial charge in [-0.1, -0.05) is 6.92 Å². The molecule has 0 aliphatic rings. The molecule has 0 spiro atoms. The minimum Gasteiger partial charge on any atom is -0.396 e. The van der Waals surface area contributed by atoms with Gasteiger partial charge in [0.05, 0.1) is 0 Å². The summed E-state index contributed by atoms with van der Waals surface area (Å²) >= 11 is 0. The van der Waals surface area contributed by atoms with Gasteiger partial charge < -0.3 is 14.7 Å². The predicted octanol–water partition coefficient (Wildman–Crippen LogP) is 1.28. The molecule has 0 aliphatic heterocycles. The van der Waals surface area contributed by atoms with E-state index in [2.05, 4.69) is 0 Å². The summed E-state index contributed by atoms with van der Waals surface area (Å²) in [5.41, 5.74) is 0. The fraction of sp³-hybridized carbons (Fsp3) is 0.917. The van der Waals surface area contributed by atoms with Gasteiger partial charge in [0.15, 0.2) is 0 Å². The Morgan fingerprint density at radius 1 is 1.38 bits per heavy atom. The first-order valence-corrected chi connectivity index (χ1v) is 5.92. The second-order valence-electron chi connectivity index (χ2n) is 4.52. The molecule has 0 aliphatic carbocycles. The third-order valence-electron chi connectivity index (χ3n) is 2.48. The number of ether oxygens (including phenoxy) is 1. The lowest BCUT2D eigenvalue weighted by atomic mass is 10.1. The van der Waals surface area contributed by atoms with Crippen LogP contribution in [-0.4, -0.2) is 48.8 Å². The third-order valence-corrected chi connectivity index (χ3v) is 2.48. The van der Waals surface area contributed by atoms with Crippen molar-refractivity contribution in [3.05, 3.63) is 0 Å². The Morgan fingerprint density at radius 3 is 2.44 bits per heavy atom. The number of hydrogen-bond acceptors (Lipinski definition) is 3. The Labute approximate surface area is 98.6 Å². The highest BCUT2D eigenvalue weighted by Crippen LogP contribution is 2.09. The van der Waals surface area contributed by atoms with Crippen molar-refractivity contribution in [2.24, 2.45) is 5.92 Å². The van der Waals surface area contributed by atoms with Crippen LogP contribution in [0.4, 0.5) is 0 Å². The fourth-order valence-electron chi connectivity index (χ4n) is 1.67. The Kier molecular flexibility index (Phi) is 8.21. The number of methoxy groups -OCH3 is 1. The van der Waals surface area contributed by atoms with Crippen LogP contribution in [0.25, 0.3) is 0 Å². The molecule has 0 bridgehead atoms. The fourth-order valence-corrected chi connectivity index (χ4v) is 1.67. The largest absolute Gasteiger partial charge is 0.396 e. The summed E-state index contributed by atoms with van der Waals surface area (Å²) in [5, 5.41) is 8.79. The summed E-state index contributed by atoms with van der Waals surface area (Å²) in [6, 6.07) is 0.189. The van der Waals surface area contributed by atoms with Crippen molar-refractivity contribution in [3.63, 3.8) is 0 Å². The number of nitrogens with zero attached hydrogens (tertiary/aromatic N) is 1. The third kappa shape index (κ3) is 6.08. The maximum absolute atomic E-state index is 12.0. The van der Waals surface area contributed by atoms with Crippen LogP contribution in [0.5, 0.6) is 0 Å². The van der Waals surface area contributed by atoms with E-state index in [9.17, 15) is 4.79 Å². The molecule has 0 saturated carbocycles. The minimum absolute atomic E-state index is 0.129. The van der Waals surface area contributed by atoms with Crippen LogP contribution in [0, 0.1) is 5.92 Å². The topological polar surface area (TPSA) is 49.8 Å². The molecule has 0 fully saturated rings. The first-order valence-electron chi connectivity index (χ1n) is 5.92. The van der Waals surface area contributed by atoms with Gasteiger partial charge >= 0.3 is 0 Å². The van der Waals surface area contributed by atoms with E-state index in [1.807, 2.05) is 25.7 Å². The summed E-state index contributed by atoms with van der Waals surface area (Å²) < 4.78 is 5.02. The summed E-state index contributed by atoms with van der Waals surface area (Å²) in [6.07, 6.45) is 1.15. The SMILES string of the molecule is COCC(C)CC(=O)N(CCCO)C(C)C. The standard InChI is InChI=1S/C12H25NO3/c1-10(2)13(6-5-7-14)12(15)8-11(3)9-16-4/h10-11,14H,5-9H2,1-4H3. The number of carbonyl (C=O) groups is 1. The average Bonchev–Trinajstić information content (AvgIpc) is 2.17. The Hall–Kier alpha value is -0.610. The van der Waals surface area contributed by atoms with Crippen molar-refractivity contribution in [1.82, 2.24) is 4.90 Å². The van der Waals surface area contributed by atoms with E-state index >= 15 is 0 Å². The number of rotatable bonds is 8. The van der Waals surface area contributed by atoms with E-state index in [1.165, 1.54) is 0 Å². The van der Waals surface area contributed by atoms with Gasteiger partial charge in [-0.3, -0.25) is 4.79 Å². The zero-order chi connectivity index (χ0) is 12.6. The highest BCUT2D eigenvalue weighted by Gasteiger charge is 2.18. The number of amides is 1. The Morgan fingerprint density at radius 2 is 2.00 bits per heavy atom. The van der Waals surface area contributed by atoms with Gasteiger partial charge in [-0.05, 0) is 26.2 Å². The zero-order valence-corrected chi connectivity index (χ0v) is 10.9. The predicted molar refractivity (Wildman–Crippen MR) is 64.2 cm³/mol. The number of carbonyl (C=O) groups excluding carboxylic acids is 1. The molecule has 4 nitrogen and oxygen atoms in total. The van der Waals surface area contributed by atoms with Crippen molar-refractivity contribution in [1.29, 1.82) is 0 Å².